The predicted molar refractivity (Wildman–Crippen MR) is 76.8 cm³/mol. The van der Waals surface area contributed by atoms with Gasteiger partial charge in [-0.15, -0.1) is 0 Å². The molecule has 0 aliphatic heterocycles. The van der Waals surface area contributed by atoms with Crippen LogP contribution in [0.2, 0.25) is 0 Å². The molecule has 0 aromatic heterocycles. The molecule has 0 radical (unpaired) electrons. The summed E-state index contributed by atoms with van der Waals surface area (Å²) in [6.07, 6.45) is 0.505. The number of hydrogen-bond acceptors (Lipinski definition) is 3. The minimum absolute atomic E-state index is 0.272. The maximum absolute atomic E-state index is 11.9. The SMILES string of the molecule is CC(C)C[C@H](N)C(=O)N=S(N)(=C=O)c1ccccc1. The molecule has 6 heteroatoms. The number of benzene rings is 1. The van der Waals surface area contributed by atoms with E-state index in [1.54, 1.807) is 35.6 Å². The second-order valence-corrected chi connectivity index (χ2v) is 6.76. The molecule has 2 atom stereocenters. The van der Waals surface area contributed by atoms with E-state index in [-0.39, 0.29) is 5.92 Å². The molecule has 0 saturated heterocycles. The van der Waals surface area contributed by atoms with E-state index in [0.717, 1.165) is 0 Å². The van der Waals surface area contributed by atoms with Crippen LogP contribution < -0.4 is 10.9 Å². The Morgan fingerprint density at radius 3 is 2.42 bits per heavy atom. The first kappa shape index (κ1) is 15.6. The van der Waals surface area contributed by atoms with Crippen molar-refractivity contribution in [2.75, 3.05) is 0 Å². The third-order valence-corrected chi connectivity index (χ3v) is 4.22. The summed E-state index contributed by atoms with van der Waals surface area (Å²) in [5.41, 5.74) is 5.74. The summed E-state index contributed by atoms with van der Waals surface area (Å²) in [6, 6.07) is 7.84. The van der Waals surface area contributed by atoms with Gasteiger partial charge in [0.15, 0.2) is 5.23 Å². The van der Waals surface area contributed by atoms with Crippen LogP contribution in [-0.4, -0.2) is 17.2 Å². The van der Waals surface area contributed by atoms with Crippen molar-refractivity contribution in [3.05, 3.63) is 30.3 Å². The zero-order chi connectivity index (χ0) is 14.5. The van der Waals surface area contributed by atoms with E-state index in [4.69, 9.17) is 10.9 Å². The molecule has 0 bridgehead atoms. The maximum atomic E-state index is 11.9. The normalized spacial score (nSPS) is 15.4. The quantitative estimate of drug-likeness (QED) is 0.811. The lowest BCUT2D eigenvalue weighted by Gasteiger charge is -2.12. The molecular formula is C13H19N3O2S. The van der Waals surface area contributed by atoms with Gasteiger partial charge in [-0.3, -0.25) is 9.93 Å². The summed E-state index contributed by atoms with van der Waals surface area (Å²) < 4.78 is 3.82. The minimum atomic E-state index is -2.75. The fraction of sp³-hybridized carbons (Fsp3) is 0.385. The number of nitrogens with two attached hydrogens (primary N) is 2. The van der Waals surface area contributed by atoms with Crippen LogP contribution in [-0.2, 0) is 19.2 Å². The lowest BCUT2D eigenvalue weighted by molar-refractivity contribution is -0.119. The fourth-order valence-electron chi connectivity index (χ4n) is 1.57. The van der Waals surface area contributed by atoms with Crippen molar-refractivity contribution < 1.29 is 9.59 Å². The molecule has 19 heavy (non-hydrogen) atoms. The minimum Gasteiger partial charge on any atom is -0.320 e. The first-order chi connectivity index (χ1) is 8.89. The van der Waals surface area contributed by atoms with Crippen LogP contribution in [0.15, 0.2) is 39.6 Å². The highest BCUT2D eigenvalue weighted by Gasteiger charge is 2.16. The topological polar surface area (TPSA) is 98.5 Å². The third kappa shape index (κ3) is 4.29. The van der Waals surface area contributed by atoms with Gasteiger partial charge in [-0.2, -0.15) is 4.36 Å². The number of hydrogen-bond donors (Lipinski definition) is 2. The monoisotopic (exact) mass is 281 g/mol. The van der Waals surface area contributed by atoms with Gasteiger partial charge in [-0.25, -0.2) is 4.79 Å². The van der Waals surface area contributed by atoms with Crippen molar-refractivity contribution in [2.45, 2.75) is 31.2 Å². The Hall–Kier alpha value is -1.46. The summed E-state index contributed by atoms with van der Waals surface area (Å²) >= 11 is 0. The molecule has 1 amide bonds. The summed E-state index contributed by atoms with van der Waals surface area (Å²) in [5.74, 6) is -0.272. The van der Waals surface area contributed by atoms with Crippen molar-refractivity contribution in [1.29, 1.82) is 0 Å². The molecule has 1 rings (SSSR count). The van der Waals surface area contributed by atoms with Crippen molar-refractivity contribution in [3.63, 3.8) is 0 Å². The molecule has 0 fully saturated rings. The summed E-state index contributed by atoms with van der Waals surface area (Å²) in [6.45, 7) is 3.91. The van der Waals surface area contributed by atoms with Crippen LogP contribution in [0.25, 0.3) is 0 Å². The van der Waals surface area contributed by atoms with Gasteiger partial charge >= 0.3 is 0 Å². The molecule has 0 saturated carbocycles. The Labute approximate surface area is 113 Å². The Morgan fingerprint density at radius 1 is 1.37 bits per heavy atom. The van der Waals surface area contributed by atoms with E-state index in [9.17, 15) is 9.59 Å². The Morgan fingerprint density at radius 2 is 1.95 bits per heavy atom. The lowest BCUT2D eigenvalue weighted by Crippen LogP contribution is -2.32. The van der Waals surface area contributed by atoms with Crippen molar-refractivity contribution in [3.8, 4) is 0 Å². The Bertz CT molecular complexity index is 583. The van der Waals surface area contributed by atoms with Crippen LogP contribution >= 0.6 is 0 Å². The molecular weight excluding hydrogens is 262 g/mol. The van der Waals surface area contributed by atoms with Gasteiger partial charge in [-0.1, -0.05) is 32.0 Å². The molecule has 0 aliphatic rings. The van der Waals surface area contributed by atoms with Crippen molar-refractivity contribution in [2.24, 2.45) is 21.2 Å². The van der Waals surface area contributed by atoms with Crippen LogP contribution in [0, 0.1) is 5.92 Å². The number of carbonyl (C=O) groups excluding carboxylic acids is 2. The highest BCUT2D eigenvalue weighted by molar-refractivity contribution is 8.01. The summed E-state index contributed by atoms with van der Waals surface area (Å²) in [4.78, 5) is 23.5. The second-order valence-electron chi connectivity index (χ2n) is 4.69. The highest BCUT2D eigenvalue weighted by atomic mass is 32.2. The van der Waals surface area contributed by atoms with E-state index in [0.29, 0.717) is 11.3 Å². The molecule has 5 nitrogen and oxygen atoms in total. The molecule has 104 valence electrons. The predicted octanol–water partition coefficient (Wildman–Crippen LogP) is 1.22. The zero-order valence-corrected chi connectivity index (χ0v) is 11.9. The average molecular weight is 281 g/mol. The van der Waals surface area contributed by atoms with E-state index in [2.05, 4.69) is 4.36 Å². The van der Waals surface area contributed by atoms with E-state index >= 15 is 0 Å². The molecule has 1 aromatic rings. The fourth-order valence-corrected chi connectivity index (χ4v) is 2.80. The maximum Gasteiger partial charge on any atom is 0.270 e. The number of carbonyl (C=O) groups is 1. The number of amides is 1. The number of nitrogens with zero attached hydrogens (tertiary/aromatic N) is 1. The van der Waals surface area contributed by atoms with Gasteiger partial charge in [0, 0.05) is 14.5 Å². The summed E-state index contributed by atoms with van der Waals surface area (Å²) in [7, 11) is -2.75. The van der Waals surface area contributed by atoms with Crippen LogP contribution in [0.5, 0.6) is 0 Å². The van der Waals surface area contributed by atoms with E-state index in [1.165, 1.54) is 0 Å². The molecule has 0 aliphatic carbocycles. The summed E-state index contributed by atoms with van der Waals surface area (Å²) in [5, 5.41) is 7.61. The van der Waals surface area contributed by atoms with Crippen LogP contribution in [0.1, 0.15) is 20.3 Å². The average Bonchev–Trinajstić information content (AvgIpc) is 2.38. The second kappa shape index (κ2) is 6.63. The van der Waals surface area contributed by atoms with E-state index < -0.39 is 21.5 Å². The molecule has 1 unspecified atom stereocenters. The zero-order valence-electron chi connectivity index (χ0n) is 11.1. The van der Waals surface area contributed by atoms with Crippen molar-refractivity contribution >= 4 is 20.7 Å². The van der Waals surface area contributed by atoms with Gasteiger partial charge in [-0.05, 0) is 24.5 Å². The Balaban J connectivity index is 3.14. The van der Waals surface area contributed by atoms with Crippen molar-refractivity contribution in [1.82, 2.24) is 0 Å². The van der Waals surface area contributed by atoms with Gasteiger partial charge in [0.2, 0.25) is 0 Å². The molecule has 0 heterocycles. The number of rotatable bonds is 4. The van der Waals surface area contributed by atoms with Gasteiger partial charge in [0.1, 0.15) is 0 Å². The smallest absolute Gasteiger partial charge is 0.270 e. The van der Waals surface area contributed by atoms with Gasteiger partial charge < -0.3 is 5.73 Å². The van der Waals surface area contributed by atoms with Gasteiger partial charge in [0.05, 0.1) is 6.04 Å². The van der Waals surface area contributed by atoms with E-state index in [1.807, 2.05) is 13.8 Å². The first-order valence-corrected chi connectivity index (χ1v) is 7.62. The highest BCUT2D eigenvalue weighted by Crippen LogP contribution is 2.10. The third-order valence-electron chi connectivity index (χ3n) is 2.51. The standard InChI is InChI=1S/C13H19N3O2S/c1-10(2)8-12(14)13(18)16-19(15,9-17)11-6-4-3-5-7-11/h3-7,10,12H,8,14H2,1-2H3,(H2,15,16,18)/t12-,19?/m0/s1. The van der Waals surface area contributed by atoms with Crippen LogP contribution in [0.4, 0.5) is 0 Å². The lowest BCUT2D eigenvalue weighted by atomic mass is 10.0. The molecule has 0 spiro atoms. The largest absolute Gasteiger partial charge is 0.320 e. The first-order valence-electron chi connectivity index (χ1n) is 5.96. The van der Waals surface area contributed by atoms with Crippen LogP contribution in [0.3, 0.4) is 0 Å². The Kier molecular flexibility index (Phi) is 5.44. The van der Waals surface area contributed by atoms with Gasteiger partial charge in [0.25, 0.3) is 5.91 Å². The molecule has 1 aromatic carbocycles. The molecule has 4 N–H and O–H groups in total.